The molecule has 2 nitrogen and oxygen atoms in total. The monoisotopic (exact) mass is 224 g/mol. The van der Waals surface area contributed by atoms with Crippen LogP contribution in [0.3, 0.4) is 0 Å². The Balaban J connectivity index is 2.56. The van der Waals surface area contributed by atoms with E-state index in [2.05, 4.69) is 44.1 Å². The molecule has 1 aromatic carbocycles. The number of likely N-dealkylation sites (N-methyl/N-ethyl adjacent to an activating group) is 1. The van der Waals surface area contributed by atoms with Crippen LogP contribution in [-0.2, 0) is 0 Å². The molecule has 0 fully saturated rings. The molecule has 0 radical (unpaired) electrons. The SMILES string of the molecule is Cc1cc(Cl)c2c(c1)N(C)C(C)(C)CN2. The van der Waals surface area contributed by atoms with Gasteiger partial charge in [-0.3, -0.25) is 0 Å². The number of nitrogens with one attached hydrogen (secondary N) is 1. The summed E-state index contributed by atoms with van der Waals surface area (Å²) >= 11 is 6.22. The largest absolute Gasteiger partial charge is 0.380 e. The van der Waals surface area contributed by atoms with Gasteiger partial charge in [-0.05, 0) is 38.5 Å². The molecule has 1 aliphatic heterocycles. The Morgan fingerprint density at radius 1 is 1.40 bits per heavy atom. The molecular formula is C12H17ClN2. The van der Waals surface area contributed by atoms with Crippen molar-refractivity contribution in [2.75, 3.05) is 23.8 Å². The van der Waals surface area contributed by atoms with Crippen LogP contribution < -0.4 is 10.2 Å². The molecule has 1 aromatic rings. The number of fused-ring (bicyclic) bond motifs is 1. The molecule has 15 heavy (non-hydrogen) atoms. The second-order valence-electron chi connectivity index (χ2n) is 4.87. The molecule has 0 aromatic heterocycles. The number of hydrogen-bond donors (Lipinski definition) is 1. The van der Waals surface area contributed by atoms with E-state index in [4.69, 9.17) is 11.6 Å². The van der Waals surface area contributed by atoms with Gasteiger partial charge in [0.05, 0.1) is 21.9 Å². The molecule has 1 aliphatic rings. The number of anilines is 2. The van der Waals surface area contributed by atoms with Gasteiger partial charge in [0, 0.05) is 13.6 Å². The lowest BCUT2D eigenvalue weighted by Crippen LogP contribution is -2.50. The Morgan fingerprint density at radius 2 is 2.07 bits per heavy atom. The van der Waals surface area contributed by atoms with Crippen LogP contribution in [0.2, 0.25) is 5.02 Å². The second-order valence-corrected chi connectivity index (χ2v) is 5.27. The van der Waals surface area contributed by atoms with Crippen LogP contribution in [0.15, 0.2) is 12.1 Å². The van der Waals surface area contributed by atoms with E-state index in [-0.39, 0.29) is 5.54 Å². The molecule has 0 aliphatic carbocycles. The van der Waals surface area contributed by atoms with Gasteiger partial charge in [0.1, 0.15) is 0 Å². The van der Waals surface area contributed by atoms with E-state index in [0.717, 1.165) is 17.3 Å². The highest BCUT2D eigenvalue weighted by Crippen LogP contribution is 2.40. The lowest BCUT2D eigenvalue weighted by molar-refractivity contribution is 0.502. The fraction of sp³-hybridized carbons (Fsp3) is 0.500. The first kappa shape index (κ1) is 10.6. The van der Waals surface area contributed by atoms with Crippen molar-refractivity contribution in [3.8, 4) is 0 Å². The van der Waals surface area contributed by atoms with Gasteiger partial charge in [-0.25, -0.2) is 0 Å². The third-order valence-corrected chi connectivity index (χ3v) is 3.48. The van der Waals surface area contributed by atoms with Gasteiger partial charge in [-0.2, -0.15) is 0 Å². The van der Waals surface area contributed by atoms with Crippen molar-refractivity contribution in [2.45, 2.75) is 26.3 Å². The van der Waals surface area contributed by atoms with Gasteiger partial charge in [0.15, 0.2) is 0 Å². The summed E-state index contributed by atoms with van der Waals surface area (Å²) in [6, 6.07) is 4.18. The maximum absolute atomic E-state index is 6.22. The number of rotatable bonds is 0. The van der Waals surface area contributed by atoms with E-state index in [0.29, 0.717) is 0 Å². The van der Waals surface area contributed by atoms with Gasteiger partial charge < -0.3 is 10.2 Å². The Hall–Kier alpha value is -0.890. The van der Waals surface area contributed by atoms with Crippen molar-refractivity contribution in [3.63, 3.8) is 0 Å². The van der Waals surface area contributed by atoms with Crippen LogP contribution in [0, 0.1) is 6.92 Å². The zero-order valence-electron chi connectivity index (χ0n) is 9.69. The highest BCUT2D eigenvalue weighted by atomic mass is 35.5. The fourth-order valence-corrected chi connectivity index (χ4v) is 2.25. The summed E-state index contributed by atoms with van der Waals surface area (Å²) in [6.07, 6.45) is 0. The molecular weight excluding hydrogens is 208 g/mol. The molecule has 2 rings (SSSR count). The molecule has 0 amide bonds. The third-order valence-electron chi connectivity index (χ3n) is 3.18. The van der Waals surface area contributed by atoms with Crippen LogP contribution in [0.25, 0.3) is 0 Å². The van der Waals surface area contributed by atoms with E-state index < -0.39 is 0 Å². The molecule has 0 unspecified atom stereocenters. The van der Waals surface area contributed by atoms with Crippen molar-refractivity contribution in [1.82, 2.24) is 0 Å². The molecule has 82 valence electrons. The van der Waals surface area contributed by atoms with E-state index in [9.17, 15) is 0 Å². The number of nitrogens with zero attached hydrogens (tertiary/aromatic N) is 1. The predicted octanol–water partition coefficient (Wildman–Crippen LogP) is 3.29. The van der Waals surface area contributed by atoms with Gasteiger partial charge in [0.25, 0.3) is 0 Å². The minimum Gasteiger partial charge on any atom is -0.380 e. The van der Waals surface area contributed by atoms with Crippen molar-refractivity contribution in [3.05, 3.63) is 22.7 Å². The standard InChI is InChI=1S/C12H17ClN2/c1-8-5-9(13)11-10(6-8)15(4)12(2,3)7-14-11/h5-6,14H,7H2,1-4H3. The van der Waals surface area contributed by atoms with Crippen molar-refractivity contribution in [1.29, 1.82) is 0 Å². The first-order valence-electron chi connectivity index (χ1n) is 5.20. The normalized spacial score (nSPS) is 18.3. The van der Waals surface area contributed by atoms with Crippen LogP contribution in [-0.4, -0.2) is 19.1 Å². The molecule has 0 spiro atoms. The molecule has 0 bridgehead atoms. The highest BCUT2D eigenvalue weighted by molar-refractivity contribution is 6.34. The Bertz CT molecular complexity index is 399. The Labute approximate surface area is 96.2 Å². The van der Waals surface area contributed by atoms with Gasteiger partial charge in [-0.1, -0.05) is 11.6 Å². The molecule has 1 heterocycles. The molecule has 0 atom stereocenters. The fourth-order valence-electron chi connectivity index (χ4n) is 1.91. The summed E-state index contributed by atoms with van der Waals surface area (Å²) < 4.78 is 0. The van der Waals surface area contributed by atoms with Crippen molar-refractivity contribution < 1.29 is 0 Å². The zero-order valence-corrected chi connectivity index (χ0v) is 10.4. The summed E-state index contributed by atoms with van der Waals surface area (Å²) in [6.45, 7) is 7.43. The quantitative estimate of drug-likeness (QED) is 0.728. The minimum atomic E-state index is 0.129. The molecule has 0 saturated heterocycles. The Kier molecular flexibility index (Phi) is 2.34. The van der Waals surface area contributed by atoms with E-state index in [1.165, 1.54) is 11.3 Å². The van der Waals surface area contributed by atoms with Crippen LogP contribution in [0.1, 0.15) is 19.4 Å². The first-order chi connectivity index (χ1) is 6.92. The predicted molar refractivity (Wildman–Crippen MR) is 67.2 cm³/mol. The lowest BCUT2D eigenvalue weighted by Gasteiger charge is -2.43. The van der Waals surface area contributed by atoms with Gasteiger partial charge in [0.2, 0.25) is 0 Å². The minimum absolute atomic E-state index is 0.129. The van der Waals surface area contributed by atoms with E-state index >= 15 is 0 Å². The smallest absolute Gasteiger partial charge is 0.0768 e. The van der Waals surface area contributed by atoms with Crippen LogP contribution >= 0.6 is 11.6 Å². The van der Waals surface area contributed by atoms with E-state index in [1.807, 2.05) is 6.07 Å². The average molecular weight is 225 g/mol. The lowest BCUT2D eigenvalue weighted by atomic mass is 9.98. The summed E-state index contributed by atoms with van der Waals surface area (Å²) in [7, 11) is 2.12. The average Bonchev–Trinajstić information content (AvgIpc) is 2.12. The highest BCUT2D eigenvalue weighted by Gasteiger charge is 2.30. The molecule has 0 saturated carbocycles. The summed E-state index contributed by atoms with van der Waals surface area (Å²) in [4.78, 5) is 2.29. The topological polar surface area (TPSA) is 15.3 Å². The number of benzene rings is 1. The number of halogens is 1. The molecule has 3 heteroatoms. The van der Waals surface area contributed by atoms with Crippen LogP contribution in [0.4, 0.5) is 11.4 Å². The van der Waals surface area contributed by atoms with E-state index in [1.54, 1.807) is 0 Å². The second kappa shape index (κ2) is 3.31. The van der Waals surface area contributed by atoms with Gasteiger partial charge >= 0.3 is 0 Å². The first-order valence-corrected chi connectivity index (χ1v) is 5.57. The molecule has 1 N–H and O–H groups in total. The number of aryl methyl sites for hydroxylation is 1. The number of hydrogen-bond acceptors (Lipinski definition) is 2. The van der Waals surface area contributed by atoms with Crippen LogP contribution in [0.5, 0.6) is 0 Å². The summed E-state index contributed by atoms with van der Waals surface area (Å²) in [5, 5.41) is 4.22. The maximum Gasteiger partial charge on any atom is 0.0768 e. The van der Waals surface area contributed by atoms with Crippen molar-refractivity contribution >= 4 is 23.0 Å². The maximum atomic E-state index is 6.22. The van der Waals surface area contributed by atoms with Crippen molar-refractivity contribution in [2.24, 2.45) is 0 Å². The van der Waals surface area contributed by atoms with Gasteiger partial charge in [-0.15, -0.1) is 0 Å². The third kappa shape index (κ3) is 1.67. The zero-order chi connectivity index (χ0) is 11.2. The summed E-state index contributed by atoms with van der Waals surface area (Å²) in [5.41, 5.74) is 3.58. The Morgan fingerprint density at radius 3 is 2.73 bits per heavy atom. The summed E-state index contributed by atoms with van der Waals surface area (Å²) in [5.74, 6) is 0.